The summed E-state index contributed by atoms with van der Waals surface area (Å²) < 4.78 is 10.1. The maximum Gasteiger partial charge on any atom is 0.509 e. The molecule has 4 bridgehead atoms. The third-order valence-corrected chi connectivity index (χ3v) is 5.24. The highest BCUT2D eigenvalue weighted by atomic mass is 16.7. The number of nitrogens with zero attached hydrogens (tertiary/aromatic N) is 1. The molecule has 0 aromatic rings. The van der Waals surface area contributed by atoms with Gasteiger partial charge >= 0.3 is 6.16 Å². The molecule has 0 aromatic carbocycles. The molecule has 4 rings (SSSR count). The van der Waals surface area contributed by atoms with Crippen molar-refractivity contribution >= 4 is 6.16 Å². The minimum atomic E-state index is -0.690. The van der Waals surface area contributed by atoms with E-state index in [9.17, 15) is 10.1 Å². The first kappa shape index (κ1) is 12.8. The van der Waals surface area contributed by atoms with E-state index in [2.05, 4.69) is 6.07 Å². The van der Waals surface area contributed by atoms with Crippen LogP contribution < -0.4 is 0 Å². The van der Waals surface area contributed by atoms with Crippen molar-refractivity contribution in [3.63, 3.8) is 0 Å². The van der Waals surface area contributed by atoms with Crippen LogP contribution in [0.4, 0.5) is 4.79 Å². The lowest BCUT2D eigenvalue weighted by atomic mass is 9.48. The highest BCUT2D eigenvalue weighted by molar-refractivity contribution is 5.60. The molecule has 0 saturated heterocycles. The van der Waals surface area contributed by atoms with Gasteiger partial charge < -0.3 is 9.47 Å². The highest BCUT2D eigenvalue weighted by Gasteiger charge is 2.55. The molecule has 104 valence electrons. The number of hydrogen-bond donors (Lipinski definition) is 0. The molecule has 0 radical (unpaired) electrons. The van der Waals surface area contributed by atoms with Gasteiger partial charge in [0, 0.05) is 5.41 Å². The molecule has 4 fully saturated rings. The summed E-state index contributed by atoms with van der Waals surface area (Å²) in [5.41, 5.74) is -0.0870. The molecular formula is C15H21NO3. The molecule has 0 amide bonds. The topological polar surface area (TPSA) is 59.3 Å². The van der Waals surface area contributed by atoms with Gasteiger partial charge in [-0.3, -0.25) is 0 Å². The predicted molar refractivity (Wildman–Crippen MR) is 68.1 cm³/mol. The lowest BCUT2D eigenvalue weighted by molar-refractivity contribution is -0.112. The maximum atomic E-state index is 11.5. The third kappa shape index (κ3) is 2.20. The van der Waals surface area contributed by atoms with Crippen LogP contribution in [-0.2, 0) is 9.47 Å². The molecule has 0 spiro atoms. The van der Waals surface area contributed by atoms with E-state index in [-0.39, 0.29) is 12.0 Å². The van der Waals surface area contributed by atoms with Gasteiger partial charge in [-0.1, -0.05) is 0 Å². The second-order valence-electron chi connectivity index (χ2n) is 6.59. The Labute approximate surface area is 114 Å². The molecule has 4 aliphatic rings. The Balaban J connectivity index is 1.75. The van der Waals surface area contributed by atoms with Crippen LogP contribution in [0, 0.1) is 34.5 Å². The van der Waals surface area contributed by atoms with Crippen LogP contribution in [0.5, 0.6) is 0 Å². The number of carbonyl (C=O) groups excluding carboxylic acids is 1. The SMILES string of the molecule is CCOC(=O)OC(C#N)C12CC3CC(CC(C3)C1)C2. The van der Waals surface area contributed by atoms with Crippen molar-refractivity contribution < 1.29 is 14.3 Å². The number of hydrogen-bond acceptors (Lipinski definition) is 4. The summed E-state index contributed by atoms with van der Waals surface area (Å²) in [6.07, 6.45) is 5.79. The summed E-state index contributed by atoms with van der Waals surface area (Å²) in [5, 5.41) is 9.42. The highest BCUT2D eigenvalue weighted by Crippen LogP contribution is 2.61. The lowest BCUT2D eigenvalue weighted by Gasteiger charge is -2.57. The van der Waals surface area contributed by atoms with Gasteiger partial charge in [0.1, 0.15) is 6.07 Å². The summed E-state index contributed by atoms with van der Waals surface area (Å²) >= 11 is 0. The number of rotatable bonds is 3. The zero-order valence-electron chi connectivity index (χ0n) is 11.4. The fourth-order valence-electron chi connectivity index (χ4n) is 5.04. The van der Waals surface area contributed by atoms with Gasteiger partial charge in [0.05, 0.1) is 6.61 Å². The molecule has 4 aliphatic carbocycles. The number of ether oxygens (including phenoxy) is 2. The minimum absolute atomic E-state index is 0.0870. The molecular weight excluding hydrogens is 242 g/mol. The van der Waals surface area contributed by atoms with Crippen LogP contribution in [0.25, 0.3) is 0 Å². The Morgan fingerprint density at radius 3 is 2.21 bits per heavy atom. The van der Waals surface area contributed by atoms with E-state index in [1.54, 1.807) is 6.92 Å². The molecule has 0 N–H and O–H groups in total. The van der Waals surface area contributed by atoms with E-state index < -0.39 is 12.3 Å². The summed E-state index contributed by atoms with van der Waals surface area (Å²) in [7, 11) is 0. The Morgan fingerprint density at radius 1 is 1.26 bits per heavy atom. The zero-order chi connectivity index (χ0) is 13.5. The molecule has 1 atom stereocenters. The average molecular weight is 263 g/mol. The van der Waals surface area contributed by atoms with Crippen LogP contribution in [0.1, 0.15) is 45.4 Å². The van der Waals surface area contributed by atoms with Gasteiger partial charge in [0.2, 0.25) is 0 Å². The fraction of sp³-hybridized carbons (Fsp3) is 0.867. The van der Waals surface area contributed by atoms with E-state index in [1.807, 2.05) is 0 Å². The summed E-state index contributed by atoms with van der Waals surface area (Å²) in [6.45, 7) is 2.03. The van der Waals surface area contributed by atoms with E-state index in [0.29, 0.717) is 0 Å². The summed E-state index contributed by atoms with van der Waals surface area (Å²) in [4.78, 5) is 11.5. The summed E-state index contributed by atoms with van der Waals surface area (Å²) in [6, 6.07) is 2.23. The second-order valence-corrected chi connectivity index (χ2v) is 6.59. The zero-order valence-corrected chi connectivity index (χ0v) is 11.4. The van der Waals surface area contributed by atoms with Crippen LogP contribution in [-0.4, -0.2) is 18.9 Å². The van der Waals surface area contributed by atoms with Gasteiger partial charge in [-0.05, 0) is 63.2 Å². The molecule has 19 heavy (non-hydrogen) atoms. The van der Waals surface area contributed by atoms with E-state index in [0.717, 1.165) is 37.0 Å². The second kappa shape index (κ2) is 4.70. The first-order valence-electron chi connectivity index (χ1n) is 7.38. The Kier molecular flexibility index (Phi) is 3.16. The smallest absolute Gasteiger partial charge is 0.435 e. The summed E-state index contributed by atoms with van der Waals surface area (Å²) in [5.74, 6) is 2.23. The minimum Gasteiger partial charge on any atom is -0.435 e. The van der Waals surface area contributed by atoms with Gasteiger partial charge in [-0.15, -0.1) is 0 Å². The predicted octanol–water partition coefficient (Wildman–Crippen LogP) is 3.27. The first-order valence-corrected chi connectivity index (χ1v) is 7.38. The van der Waals surface area contributed by atoms with Crippen molar-refractivity contribution in [1.29, 1.82) is 5.26 Å². The van der Waals surface area contributed by atoms with Crippen molar-refractivity contribution in [2.45, 2.75) is 51.6 Å². The molecule has 0 heterocycles. The van der Waals surface area contributed by atoms with E-state index in [4.69, 9.17) is 9.47 Å². The maximum absolute atomic E-state index is 11.5. The molecule has 4 saturated carbocycles. The fourth-order valence-corrected chi connectivity index (χ4v) is 5.04. The average Bonchev–Trinajstić information content (AvgIpc) is 2.34. The van der Waals surface area contributed by atoms with Crippen molar-refractivity contribution in [3.8, 4) is 6.07 Å². The van der Waals surface area contributed by atoms with Crippen molar-refractivity contribution in [3.05, 3.63) is 0 Å². The van der Waals surface area contributed by atoms with Gasteiger partial charge in [0.15, 0.2) is 6.10 Å². The van der Waals surface area contributed by atoms with E-state index >= 15 is 0 Å². The Morgan fingerprint density at radius 2 is 1.79 bits per heavy atom. The quantitative estimate of drug-likeness (QED) is 0.733. The largest absolute Gasteiger partial charge is 0.509 e. The Hall–Kier alpha value is -1.24. The van der Waals surface area contributed by atoms with Crippen molar-refractivity contribution in [1.82, 2.24) is 0 Å². The number of nitriles is 1. The molecule has 1 unspecified atom stereocenters. The normalized spacial score (nSPS) is 40.5. The van der Waals surface area contributed by atoms with Gasteiger partial charge in [0.25, 0.3) is 0 Å². The van der Waals surface area contributed by atoms with Crippen LogP contribution >= 0.6 is 0 Å². The molecule has 0 aromatic heterocycles. The monoisotopic (exact) mass is 263 g/mol. The van der Waals surface area contributed by atoms with Crippen LogP contribution in [0.2, 0.25) is 0 Å². The van der Waals surface area contributed by atoms with Crippen molar-refractivity contribution in [2.24, 2.45) is 23.2 Å². The Bertz CT molecular complexity index is 377. The van der Waals surface area contributed by atoms with Crippen LogP contribution in [0.3, 0.4) is 0 Å². The van der Waals surface area contributed by atoms with Crippen molar-refractivity contribution in [2.75, 3.05) is 6.61 Å². The van der Waals surface area contributed by atoms with Gasteiger partial charge in [-0.25, -0.2) is 4.79 Å². The van der Waals surface area contributed by atoms with Crippen LogP contribution in [0.15, 0.2) is 0 Å². The molecule has 4 nitrogen and oxygen atoms in total. The van der Waals surface area contributed by atoms with Gasteiger partial charge in [-0.2, -0.15) is 5.26 Å². The lowest BCUT2D eigenvalue weighted by Crippen LogP contribution is -2.52. The first-order chi connectivity index (χ1) is 9.15. The van der Waals surface area contributed by atoms with E-state index in [1.165, 1.54) is 19.3 Å². The molecule has 4 heteroatoms. The molecule has 0 aliphatic heterocycles. The third-order valence-electron chi connectivity index (χ3n) is 5.24. The standard InChI is InChI=1S/C15H21NO3/c1-2-18-14(17)19-13(9-16)15-6-10-3-11(7-15)5-12(4-10)8-15/h10-13H,2-8H2,1H3. The number of carbonyl (C=O) groups is 1.